The molecule has 0 saturated heterocycles. The number of carbonyl (C=O) groups excluding carboxylic acids is 1. The van der Waals surface area contributed by atoms with Gasteiger partial charge in [0.2, 0.25) is 0 Å². The molecule has 0 aliphatic rings. The van der Waals surface area contributed by atoms with Gasteiger partial charge >= 0.3 is 5.97 Å². The molecule has 0 spiro atoms. The molecule has 0 bridgehead atoms. The predicted molar refractivity (Wildman–Crippen MR) is 83.3 cm³/mol. The summed E-state index contributed by atoms with van der Waals surface area (Å²) >= 11 is 0. The Balaban J connectivity index is 3.77. The minimum Gasteiger partial charge on any atom is -0.298 e. The summed E-state index contributed by atoms with van der Waals surface area (Å²) in [4.78, 5) is 21.9. The molecule has 120 valence electrons. The second-order valence-corrected chi connectivity index (χ2v) is 8.03. The molecule has 0 radical (unpaired) electrons. The van der Waals surface area contributed by atoms with Crippen molar-refractivity contribution in [3.05, 3.63) is 0 Å². The van der Waals surface area contributed by atoms with E-state index in [1.165, 1.54) is 12.8 Å². The van der Waals surface area contributed by atoms with Crippen LogP contribution in [0.15, 0.2) is 0 Å². The van der Waals surface area contributed by atoms with Gasteiger partial charge in [-0.25, -0.2) is 4.79 Å². The second kappa shape index (κ2) is 8.66. The van der Waals surface area contributed by atoms with Gasteiger partial charge in [-0.05, 0) is 38.0 Å². The minimum absolute atomic E-state index is 0.146. The number of unbranched alkanes of at least 4 members (excludes halogenated alkanes) is 2. The highest BCUT2D eigenvalue weighted by atomic mass is 17.2. The van der Waals surface area contributed by atoms with E-state index in [2.05, 4.69) is 34.6 Å². The van der Waals surface area contributed by atoms with Crippen molar-refractivity contribution in [1.82, 2.24) is 0 Å². The summed E-state index contributed by atoms with van der Waals surface area (Å²) in [6.07, 6.45) is 5.66. The van der Waals surface area contributed by atoms with Gasteiger partial charge in [-0.2, -0.15) is 4.89 Å². The molecule has 0 rings (SSSR count). The van der Waals surface area contributed by atoms with Crippen molar-refractivity contribution >= 4 is 5.97 Å². The van der Waals surface area contributed by atoms with E-state index in [1.807, 2.05) is 13.8 Å². The first kappa shape index (κ1) is 19.4. The van der Waals surface area contributed by atoms with Crippen LogP contribution in [0.25, 0.3) is 0 Å². The normalized spacial score (nSPS) is 12.8. The molecule has 0 amide bonds. The Morgan fingerprint density at radius 3 is 2.10 bits per heavy atom. The summed E-state index contributed by atoms with van der Waals surface area (Å²) in [7, 11) is 0. The summed E-state index contributed by atoms with van der Waals surface area (Å²) in [6, 6.07) is 0. The Morgan fingerprint density at radius 1 is 1.00 bits per heavy atom. The third kappa shape index (κ3) is 12.5. The van der Waals surface area contributed by atoms with Gasteiger partial charge in [-0.15, -0.1) is 0 Å². The molecule has 0 unspecified atom stereocenters. The van der Waals surface area contributed by atoms with Gasteiger partial charge in [0.25, 0.3) is 0 Å². The number of hydrogen-bond donors (Lipinski definition) is 0. The van der Waals surface area contributed by atoms with E-state index in [4.69, 9.17) is 9.78 Å². The molecular formula is C17H34O3. The fourth-order valence-electron chi connectivity index (χ4n) is 2.51. The van der Waals surface area contributed by atoms with Gasteiger partial charge in [0.1, 0.15) is 5.60 Å². The van der Waals surface area contributed by atoms with Crippen LogP contribution in [-0.2, 0) is 14.6 Å². The SMILES string of the molecule is CC(C)CCCCCC(=O)OOC(C)(C)CC(C)(C)C. The third-order valence-electron chi connectivity index (χ3n) is 2.98. The summed E-state index contributed by atoms with van der Waals surface area (Å²) in [5.74, 6) is 0.486. The zero-order chi connectivity index (χ0) is 15.8. The zero-order valence-electron chi connectivity index (χ0n) is 14.5. The van der Waals surface area contributed by atoms with Crippen LogP contribution in [0.5, 0.6) is 0 Å². The van der Waals surface area contributed by atoms with Gasteiger partial charge < -0.3 is 0 Å². The molecule has 0 aromatic rings. The Hall–Kier alpha value is -0.570. The van der Waals surface area contributed by atoms with Gasteiger partial charge in [0.05, 0.1) is 0 Å². The largest absolute Gasteiger partial charge is 0.342 e. The average Bonchev–Trinajstić information content (AvgIpc) is 2.22. The highest BCUT2D eigenvalue weighted by Crippen LogP contribution is 2.29. The van der Waals surface area contributed by atoms with E-state index < -0.39 is 5.60 Å². The number of rotatable bonds is 9. The lowest BCUT2D eigenvalue weighted by molar-refractivity contribution is -0.329. The smallest absolute Gasteiger partial charge is 0.298 e. The van der Waals surface area contributed by atoms with Crippen LogP contribution in [0, 0.1) is 11.3 Å². The molecule has 0 saturated carbocycles. The molecular weight excluding hydrogens is 252 g/mol. The van der Waals surface area contributed by atoms with Crippen molar-refractivity contribution in [1.29, 1.82) is 0 Å². The Morgan fingerprint density at radius 2 is 1.60 bits per heavy atom. The lowest BCUT2D eigenvalue weighted by atomic mass is 9.84. The Labute approximate surface area is 125 Å². The molecule has 0 atom stereocenters. The topological polar surface area (TPSA) is 35.5 Å². The molecule has 0 aliphatic carbocycles. The summed E-state index contributed by atoms with van der Waals surface area (Å²) < 4.78 is 0. The molecule has 3 heteroatoms. The molecule has 0 heterocycles. The third-order valence-corrected chi connectivity index (χ3v) is 2.98. The monoisotopic (exact) mass is 286 g/mol. The summed E-state index contributed by atoms with van der Waals surface area (Å²) in [5.41, 5.74) is -0.293. The quantitative estimate of drug-likeness (QED) is 0.328. The van der Waals surface area contributed by atoms with E-state index in [1.54, 1.807) is 0 Å². The van der Waals surface area contributed by atoms with Crippen LogP contribution in [-0.4, -0.2) is 11.6 Å². The van der Waals surface area contributed by atoms with Crippen LogP contribution in [0.2, 0.25) is 0 Å². The molecule has 20 heavy (non-hydrogen) atoms. The lowest BCUT2D eigenvalue weighted by Gasteiger charge is -2.30. The molecule has 0 aromatic heterocycles. The summed E-state index contributed by atoms with van der Waals surface area (Å²) in [5, 5.41) is 0. The second-order valence-electron chi connectivity index (χ2n) is 8.03. The molecule has 3 nitrogen and oxygen atoms in total. The first-order chi connectivity index (χ1) is 9.02. The maximum atomic E-state index is 11.6. The van der Waals surface area contributed by atoms with Crippen molar-refractivity contribution in [3.8, 4) is 0 Å². The van der Waals surface area contributed by atoms with Crippen molar-refractivity contribution < 1.29 is 14.6 Å². The standard InChI is InChI=1S/C17H34O3/c1-14(2)11-9-8-10-12-15(18)19-20-17(6,7)13-16(3,4)5/h14H,8-13H2,1-7H3. The summed E-state index contributed by atoms with van der Waals surface area (Å²) in [6.45, 7) is 14.8. The molecule has 0 aliphatic heterocycles. The number of hydrogen-bond acceptors (Lipinski definition) is 3. The number of carbonyl (C=O) groups is 1. The van der Waals surface area contributed by atoms with Crippen LogP contribution >= 0.6 is 0 Å². The average molecular weight is 286 g/mol. The lowest BCUT2D eigenvalue weighted by Crippen LogP contribution is -2.31. The van der Waals surface area contributed by atoms with Crippen molar-refractivity contribution in [3.63, 3.8) is 0 Å². The maximum absolute atomic E-state index is 11.6. The molecule has 0 N–H and O–H groups in total. The van der Waals surface area contributed by atoms with E-state index in [0.717, 1.165) is 25.2 Å². The fraction of sp³-hybridized carbons (Fsp3) is 0.941. The van der Waals surface area contributed by atoms with Crippen molar-refractivity contribution in [2.24, 2.45) is 11.3 Å². The van der Waals surface area contributed by atoms with Crippen LogP contribution < -0.4 is 0 Å². The van der Waals surface area contributed by atoms with E-state index in [0.29, 0.717) is 6.42 Å². The van der Waals surface area contributed by atoms with Crippen LogP contribution in [0.1, 0.15) is 87.0 Å². The predicted octanol–water partition coefficient (Wildman–Crippen LogP) is 5.28. The fourth-order valence-corrected chi connectivity index (χ4v) is 2.51. The van der Waals surface area contributed by atoms with Gasteiger partial charge in [-0.3, -0.25) is 4.89 Å². The van der Waals surface area contributed by atoms with E-state index in [9.17, 15) is 4.79 Å². The van der Waals surface area contributed by atoms with Crippen molar-refractivity contribution in [2.75, 3.05) is 0 Å². The Kier molecular flexibility index (Phi) is 8.41. The zero-order valence-corrected chi connectivity index (χ0v) is 14.5. The first-order valence-electron chi connectivity index (χ1n) is 7.90. The first-order valence-corrected chi connectivity index (χ1v) is 7.90. The van der Waals surface area contributed by atoms with Crippen LogP contribution in [0.4, 0.5) is 0 Å². The van der Waals surface area contributed by atoms with Gasteiger partial charge in [-0.1, -0.05) is 53.9 Å². The van der Waals surface area contributed by atoms with Crippen LogP contribution in [0.3, 0.4) is 0 Å². The minimum atomic E-state index is -0.439. The van der Waals surface area contributed by atoms with Gasteiger partial charge in [0, 0.05) is 6.42 Å². The van der Waals surface area contributed by atoms with Crippen molar-refractivity contribution in [2.45, 2.75) is 92.6 Å². The molecule has 0 fully saturated rings. The van der Waals surface area contributed by atoms with Gasteiger partial charge in [0.15, 0.2) is 0 Å². The highest BCUT2D eigenvalue weighted by Gasteiger charge is 2.28. The van der Waals surface area contributed by atoms with E-state index >= 15 is 0 Å². The highest BCUT2D eigenvalue weighted by molar-refractivity contribution is 5.68. The molecule has 0 aromatic carbocycles. The van der Waals surface area contributed by atoms with E-state index in [-0.39, 0.29) is 11.4 Å². The maximum Gasteiger partial charge on any atom is 0.342 e. The Bertz CT molecular complexity index is 274.